The summed E-state index contributed by atoms with van der Waals surface area (Å²) in [6, 6.07) is 2.65. The maximum atomic E-state index is 13.3. The standard InChI is InChI=1S/C10H10F2O/c1-6-3-7(11)9(8(12)4-6)10(2)5-13-10/h3-4H,5H2,1-2H3. The van der Waals surface area contributed by atoms with Crippen molar-refractivity contribution in [1.29, 1.82) is 0 Å². The number of halogens is 2. The summed E-state index contributed by atoms with van der Waals surface area (Å²) in [6.07, 6.45) is 0. The van der Waals surface area contributed by atoms with Crippen LogP contribution < -0.4 is 0 Å². The maximum Gasteiger partial charge on any atom is 0.132 e. The molecule has 1 aliphatic heterocycles. The van der Waals surface area contributed by atoms with Gasteiger partial charge in [-0.05, 0) is 31.5 Å². The fourth-order valence-corrected chi connectivity index (χ4v) is 1.46. The number of hydrogen-bond donors (Lipinski definition) is 0. The summed E-state index contributed by atoms with van der Waals surface area (Å²) in [7, 11) is 0. The zero-order valence-electron chi connectivity index (χ0n) is 7.53. The third kappa shape index (κ3) is 1.33. The Morgan fingerprint density at radius 1 is 1.31 bits per heavy atom. The van der Waals surface area contributed by atoms with Gasteiger partial charge in [-0.25, -0.2) is 8.78 Å². The molecule has 13 heavy (non-hydrogen) atoms. The third-order valence-electron chi connectivity index (χ3n) is 2.29. The molecule has 0 saturated carbocycles. The van der Waals surface area contributed by atoms with Gasteiger partial charge in [0.1, 0.15) is 17.2 Å². The zero-order valence-corrected chi connectivity index (χ0v) is 7.53. The molecule has 1 fully saturated rings. The van der Waals surface area contributed by atoms with Crippen LogP contribution in [0.5, 0.6) is 0 Å². The van der Waals surface area contributed by atoms with Crippen LogP contribution in [-0.2, 0) is 10.3 Å². The summed E-state index contributed by atoms with van der Waals surface area (Å²) in [5.41, 5.74) is -0.0944. The lowest BCUT2D eigenvalue weighted by Gasteiger charge is -2.09. The number of aryl methyl sites for hydroxylation is 1. The van der Waals surface area contributed by atoms with Crippen molar-refractivity contribution in [3.05, 3.63) is 34.9 Å². The van der Waals surface area contributed by atoms with Crippen LogP contribution in [0.15, 0.2) is 12.1 Å². The van der Waals surface area contributed by atoms with Crippen molar-refractivity contribution < 1.29 is 13.5 Å². The van der Waals surface area contributed by atoms with E-state index >= 15 is 0 Å². The first-order valence-corrected chi connectivity index (χ1v) is 4.13. The van der Waals surface area contributed by atoms with E-state index < -0.39 is 17.2 Å². The molecule has 1 atom stereocenters. The van der Waals surface area contributed by atoms with Crippen molar-refractivity contribution in [3.8, 4) is 0 Å². The SMILES string of the molecule is Cc1cc(F)c(C2(C)CO2)c(F)c1. The van der Waals surface area contributed by atoms with Gasteiger partial charge < -0.3 is 4.74 Å². The number of epoxide rings is 1. The number of rotatable bonds is 1. The van der Waals surface area contributed by atoms with Gasteiger partial charge in [-0.1, -0.05) is 0 Å². The first-order chi connectivity index (χ1) is 6.03. The van der Waals surface area contributed by atoms with Crippen molar-refractivity contribution in [2.75, 3.05) is 6.61 Å². The van der Waals surface area contributed by atoms with E-state index in [-0.39, 0.29) is 5.56 Å². The molecule has 0 aliphatic carbocycles. The topological polar surface area (TPSA) is 12.5 Å². The summed E-state index contributed by atoms with van der Waals surface area (Å²) in [5, 5.41) is 0. The average molecular weight is 184 g/mol. The van der Waals surface area contributed by atoms with E-state index in [0.29, 0.717) is 12.2 Å². The second kappa shape index (κ2) is 2.51. The minimum atomic E-state index is -0.734. The van der Waals surface area contributed by atoms with Gasteiger partial charge in [-0.3, -0.25) is 0 Å². The van der Waals surface area contributed by atoms with Crippen molar-refractivity contribution in [1.82, 2.24) is 0 Å². The molecule has 0 radical (unpaired) electrons. The lowest BCUT2D eigenvalue weighted by Crippen LogP contribution is -2.09. The normalized spacial score (nSPS) is 26.2. The first-order valence-electron chi connectivity index (χ1n) is 4.13. The van der Waals surface area contributed by atoms with Crippen LogP contribution in [-0.4, -0.2) is 6.61 Å². The summed E-state index contributed by atoms with van der Waals surface area (Å²) < 4.78 is 31.7. The van der Waals surface area contributed by atoms with E-state index in [0.717, 1.165) is 0 Å². The van der Waals surface area contributed by atoms with Gasteiger partial charge in [0.25, 0.3) is 0 Å². The molecule has 0 N–H and O–H groups in total. The Morgan fingerprint density at radius 3 is 2.15 bits per heavy atom. The minimum absolute atomic E-state index is 0.0538. The van der Waals surface area contributed by atoms with Crippen LogP contribution in [0.2, 0.25) is 0 Å². The molecular weight excluding hydrogens is 174 g/mol. The number of benzene rings is 1. The van der Waals surface area contributed by atoms with E-state index in [1.165, 1.54) is 12.1 Å². The highest BCUT2D eigenvalue weighted by molar-refractivity contribution is 5.32. The lowest BCUT2D eigenvalue weighted by molar-refractivity contribution is 0.312. The Morgan fingerprint density at radius 2 is 1.77 bits per heavy atom. The molecule has 1 unspecified atom stereocenters. The van der Waals surface area contributed by atoms with E-state index in [1.807, 2.05) is 0 Å². The van der Waals surface area contributed by atoms with Crippen LogP contribution in [0.4, 0.5) is 8.78 Å². The van der Waals surface area contributed by atoms with E-state index in [1.54, 1.807) is 13.8 Å². The van der Waals surface area contributed by atoms with Crippen LogP contribution in [0, 0.1) is 18.6 Å². The Balaban J connectivity index is 2.57. The minimum Gasteiger partial charge on any atom is -0.365 e. The van der Waals surface area contributed by atoms with Crippen LogP contribution in [0.1, 0.15) is 18.1 Å². The molecule has 3 heteroatoms. The third-order valence-corrected chi connectivity index (χ3v) is 2.29. The van der Waals surface area contributed by atoms with Gasteiger partial charge in [0.05, 0.1) is 12.2 Å². The lowest BCUT2D eigenvalue weighted by atomic mass is 9.99. The van der Waals surface area contributed by atoms with Gasteiger partial charge in [-0.2, -0.15) is 0 Å². The second-order valence-electron chi connectivity index (χ2n) is 3.62. The first kappa shape index (κ1) is 8.63. The predicted octanol–water partition coefficient (Wildman–Crippen LogP) is 2.52. The molecule has 0 spiro atoms. The van der Waals surface area contributed by atoms with Gasteiger partial charge in [0.2, 0.25) is 0 Å². The van der Waals surface area contributed by atoms with Gasteiger partial charge in [0.15, 0.2) is 0 Å². The predicted molar refractivity (Wildman–Crippen MR) is 44.4 cm³/mol. The highest BCUT2D eigenvalue weighted by Crippen LogP contribution is 2.40. The van der Waals surface area contributed by atoms with E-state index in [2.05, 4.69) is 0 Å². The van der Waals surface area contributed by atoms with Crippen molar-refractivity contribution >= 4 is 0 Å². The highest BCUT2D eigenvalue weighted by Gasteiger charge is 2.45. The fourth-order valence-electron chi connectivity index (χ4n) is 1.46. The van der Waals surface area contributed by atoms with E-state index in [4.69, 9.17) is 4.74 Å². The summed E-state index contributed by atoms with van der Waals surface area (Å²) >= 11 is 0. The average Bonchev–Trinajstić information content (AvgIpc) is 2.65. The summed E-state index contributed by atoms with van der Waals surface area (Å²) in [5.74, 6) is -1.03. The van der Waals surface area contributed by atoms with Crippen molar-refractivity contribution in [2.45, 2.75) is 19.4 Å². The van der Waals surface area contributed by atoms with Gasteiger partial charge in [-0.15, -0.1) is 0 Å². The largest absolute Gasteiger partial charge is 0.365 e. The van der Waals surface area contributed by atoms with E-state index in [9.17, 15) is 8.78 Å². The van der Waals surface area contributed by atoms with Crippen molar-refractivity contribution in [3.63, 3.8) is 0 Å². The molecule has 0 amide bonds. The molecular formula is C10H10F2O. The Bertz CT molecular complexity index is 333. The second-order valence-corrected chi connectivity index (χ2v) is 3.62. The van der Waals surface area contributed by atoms with Crippen LogP contribution in [0.3, 0.4) is 0 Å². The molecule has 1 saturated heterocycles. The molecule has 0 aromatic heterocycles. The number of hydrogen-bond acceptors (Lipinski definition) is 1. The molecule has 1 aromatic rings. The molecule has 2 rings (SSSR count). The molecule has 1 aliphatic rings. The van der Waals surface area contributed by atoms with Crippen LogP contribution >= 0.6 is 0 Å². The molecule has 1 heterocycles. The Labute approximate surface area is 75.3 Å². The summed E-state index contributed by atoms with van der Waals surface area (Å²) in [6.45, 7) is 3.74. The summed E-state index contributed by atoms with van der Waals surface area (Å²) in [4.78, 5) is 0. The Kier molecular flexibility index (Phi) is 1.67. The molecule has 1 aromatic carbocycles. The van der Waals surface area contributed by atoms with Gasteiger partial charge >= 0.3 is 0 Å². The fraction of sp³-hybridized carbons (Fsp3) is 0.400. The smallest absolute Gasteiger partial charge is 0.132 e. The molecule has 0 bridgehead atoms. The molecule has 1 nitrogen and oxygen atoms in total. The maximum absolute atomic E-state index is 13.3. The van der Waals surface area contributed by atoms with Gasteiger partial charge in [0, 0.05) is 0 Å². The Hall–Kier alpha value is -0.960. The molecule has 70 valence electrons. The highest BCUT2D eigenvalue weighted by atomic mass is 19.1. The quantitative estimate of drug-likeness (QED) is 0.611. The monoisotopic (exact) mass is 184 g/mol. The zero-order chi connectivity index (χ0) is 9.64. The number of ether oxygens (including phenoxy) is 1. The van der Waals surface area contributed by atoms with Crippen molar-refractivity contribution in [2.24, 2.45) is 0 Å². The van der Waals surface area contributed by atoms with Crippen LogP contribution in [0.25, 0.3) is 0 Å².